The minimum atomic E-state index is -0.665. The van der Waals surface area contributed by atoms with Gasteiger partial charge in [-0.15, -0.1) is 0 Å². The van der Waals surface area contributed by atoms with Gasteiger partial charge in [0.15, 0.2) is 0 Å². The fraction of sp³-hybridized carbons (Fsp3) is 0.458. The summed E-state index contributed by atoms with van der Waals surface area (Å²) in [6, 6.07) is 2.95. The highest BCUT2D eigenvalue weighted by Crippen LogP contribution is 2.29. The highest BCUT2D eigenvalue weighted by atomic mass is 16.5. The smallest absolute Gasteiger partial charge is 0.257 e. The molecule has 0 spiro atoms. The summed E-state index contributed by atoms with van der Waals surface area (Å²) in [6.45, 7) is 5.62. The Morgan fingerprint density at radius 3 is 2.58 bits per heavy atom. The molecule has 0 saturated heterocycles. The molecule has 1 aliphatic rings. The van der Waals surface area contributed by atoms with Crippen LogP contribution in [0.25, 0.3) is 11.1 Å². The summed E-state index contributed by atoms with van der Waals surface area (Å²) in [4.78, 5) is 30.6. The number of carbonyl (C=O) groups is 2. The van der Waals surface area contributed by atoms with Crippen molar-refractivity contribution in [2.24, 2.45) is 5.92 Å². The third-order valence-electron chi connectivity index (χ3n) is 6.25. The highest BCUT2D eigenvalue weighted by Gasteiger charge is 2.32. The Balaban J connectivity index is 1.51. The van der Waals surface area contributed by atoms with E-state index in [0.717, 1.165) is 48.9 Å². The van der Waals surface area contributed by atoms with Crippen molar-refractivity contribution in [2.45, 2.75) is 65.3 Å². The van der Waals surface area contributed by atoms with Crippen LogP contribution in [0.1, 0.15) is 66.5 Å². The summed E-state index contributed by atoms with van der Waals surface area (Å²) >= 11 is 0. The van der Waals surface area contributed by atoms with E-state index in [9.17, 15) is 9.59 Å². The first-order valence-electron chi connectivity index (χ1n) is 11.4. The predicted octanol–water partition coefficient (Wildman–Crippen LogP) is 4.22. The SMILES string of the molecule is CCc1nocc1C(=O)NC(C(=O)Nc1ccc(-c2c(C)noc2C)cn1)C1CCCCC1. The Morgan fingerprint density at radius 1 is 1.15 bits per heavy atom. The van der Waals surface area contributed by atoms with Gasteiger partial charge in [0.25, 0.3) is 5.91 Å². The van der Waals surface area contributed by atoms with Gasteiger partial charge in [-0.05, 0) is 51.2 Å². The molecule has 9 nitrogen and oxygen atoms in total. The second-order valence-corrected chi connectivity index (χ2v) is 8.50. The minimum absolute atomic E-state index is 0.0641. The van der Waals surface area contributed by atoms with Crippen LogP contribution >= 0.6 is 0 Å². The van der Waals surface area contributed by atoms with Gasteiger partial charge in [0, 0.05) is 17.3 Å². The zero-order chi connectivity index (χ0) is 23.4. The molecule has 3 aromatic heterocycles. The highest BCUT2D eigenvalue weighted by molar-refractivity contribution is 6.01. The summed E-state index contributed by atoms with van der Waals surface area (Å²) in [5, 5.41) is 13.7. The third kappa shape index (κ3) is 4.97. The van der Waals surface area contributed by atoms with Crippen molar-refractivity contribution in [2.75, 3.05) is 5.32 Å². The number of carbonyl (C=O) groups excluding carboxylic acids is 2. The molecule has 1 aliphatic carbocycles. The molecule has 4 rings (SSSR count). The van der Waals surface area contributed by atoms with Crippen molar-refractivity contribution in [1.29, 1.82) is 0 Å². The topological polar surface area (TPSA) is 123 Å². The molecule has 33 heavy (non-hydrogen) atoms. The predicted molar refractivity (Wildman–Crippen MR) is 122 cm³/mol. The maximum absolute atomic E-state index is 13.3. The fourth-order valence-electron chi connectivity index (χ4n) is 4.50. The summed E-state index contributed by atoms with van der Waals surface area (Å²) in [7, 11) is 0. The molecule has 1 unspecified atom stereocenters. The molecule has 174 valence electrons. The number of nitrogens with zero attached hydrogens (tertiary/aromatic N) is 3. The quantitative estimate of drug-likeness (QED) is 0.551. The van der Waals surface area contributed by atoms with Crippen LogP contribution in [-0.2, 0) is 11.2 Å². The van der Waals surface area contributed by atoms with Gasteiger partial charge >= 0.3 is 0 Å². The van der Waals surface area contributed by atoms with Gasteiger partial charge < -0.3 is 19.7 Å². The fourth-order valence-corrected chi connectivity index (χ4v) is 4.50. The standard InChI is InChI=1S/C24H29N5O4/c1-4-19-18(13-32-29-19)23(30)27-22(16-8-6-5-7-9-16)24(31)26-20-11-10-17(12-25-20)21-14(2)28-33-15(21)3/h10-13,16,22H,4-9H2,1-3H3,(H,27,30)(H,25,26,31). The molecule has 0 bridgehead atoms. The zero-order valence-electron chi connectivity index (χ0n) is 19.2. The minimum Gasteiger partial charge on any atom is -0.364 e. The second kappa shape index (κ2) is 9.97. The van der Waals surface area contributed by atoms with Crippen molar-refractivity contribution < 1.29 is 18.6 Å². The molecule has 1 fully saturated rings. The molecule has 1 atom stereocenters. The van der Waals surface area contributed by atoms with Crippen LogP contribution in [0.4, 0.5) is 5.82 Å². The van der Waals surface area contributed by atoms with Crippen LogP contribution in [0, 0.1) is 19.8 Å². The van der Waals surface area contributed by atoms with Crippen LogP contribution in [0.5, 0.6) is 0 Å². The average molecular weight is 452 g/mol. The number of nitrogens with one attached hydrogen (secondary N) is 2. The van der Waals surface area contributed by atoms with E-state index in [0.29, 0.717) is 29.3 Å². The monoisotopic (exact) mass is 451 g/mol. The molecule has 0 aliphatic heterocycles. The molecule has 0 aromatic carbocycles. The number of pyridine rings is 1. The average Bonchev–Trinajstić information content (AvgIpc) is 3.44. The van der Waals surface area contributed by atoms with Gasteiger partial charge in [-0.1, -0.05) is 36.5 Å². The number of anilines is 1. The number of hydrogen-bond acceptors (Lipinski definition) is 7. The number of aryl methyl sites for hydroxylation is 3. The van der Waals surface area contributed by atoms with E-state index in [1.165, 1.54) is 6.26 Å². The summed E-state index contributed by atoms with van der Waals surface area (Å²) in [5.74, 6) is 0.577. The molecule has 3 heterocycles. The lowest BCUT2D eigenvalue weighted by atomic mass is 9.83. The second-order valence-electron chi connectivity index (χ2n) is 8.50. The molecule has 2 amide bonds. The van der Waals surface area contributed by atoms with Crippen molar-refractivity contribution >= 4 is 17.6 Å². The summed E-state index contributed by atoms with van der Waals surface area (Å²) < 4.78 is 10.2. The van der Waals surface area contributed by atoms with Crippen molar-refractivity contribution in [3.63, 3.8) is 0 Å². The molecule has 0 radical (unpaired) electrons. The molecule has 9 heteroatoms. The van der Waals surface area contributed by atoms with Gasteiger partial charge in [-0.25, -0.2) is 4.98 Å². The van der Waals surface area contributed by atoms with Crippen LogP contribution < -0.4 is 10.6 Å². The lowest BCUT2D eigenvalue weighted by Crippen LogP contribution is -2.49. The molecule has 2 N–H and O–H groups in total. The van der Waals surface area contributed by atoms with Crippen molar-refractivity contribution in [3.05, 3.63) is 47.3 Å². The lowest BCUT2D eigenvalue weighted by Gasteiger charge is -2.29. The summed E-state index contributed by atoms with van der Waals surface area (Å²) in [5.41, 5.74) is 3.49. The van der Waals surface area contributed by atoms with Crippen molar-refractivity contribution in [1.82, 2.24) is 20.6 Å². The van der Waals surface area contributed by atoms with E-state index in [1.54, 1.807) is 12.3 Å². The number of amides is 2. The van der Waals surface area contributed by atoms with Crippen LogP contribution in [-0.4, -0.2) is 33.2 Å². The number of rotatable bonds is 7. The molecule has 3 aromatic rings. The Labute approximate surface area is 192 Å². The van der Waals surface area contributed by atoms with Gasteiger partial charge in [0.1, 0.15) is 29.4 Å². The van der Waals surface area contributed by atoms with Gasteiger partial charge in [0.05, 0.1) is 11.4 Å². The van der Waals surface area contributed by atoms with Gasteiger partial charge in [-0.2, -0.15) is 0 Å². The van der Waals surface area contributed by atoms with E-state index in [2.05, 4.69) is 25.9 Å². The lowest BCUT2D eigenvalue weighted by molar-refractivity contribution is -0.119. The van der Waals surface area contributed by atoms with Gasteiger partial charge in [-0.3, -0.25) is 9.59 Å². The van der Waals surface area contributed by atoms with E-state index in [-0.39, 0.29) is 17.7 Å². The Hall–Kier alpha value is -3.49. The maximum Gasteiger partial charge on any atom is 0.257 e. The van der Waals surface area contributed by atoms with E-state index in [4.69, 9.17) is 9.05 Å². The molecule has 1 saturated carbocycles. The van der Waals surface area contributed by atoms with Crippen molar-refractivity contribution in [3.8, 4) is 11.1 Å². The molecular weight excluding hydrogens is 422 g/mol. The first-order chi connectivity index (χ1) is 16.0. The Morgan fingerprint density at radius 2 is 1.94 bits per heavy atom. The van der Waals surface area contributed by atoms with E-state index >= 15 is 0 Å². The van der Waals surface area contributed by atoms with Crippen LogP contribution in [0.2, 0.25) is 0 Å². The Kier molecular flexibility index (Phi) is 6.86. The summed E-state index contributed by atoms with van der Waals surface area (Å²) in [6.07, 6.45) is 8.60. The number of aromatic nitrogens is 3. The van der Waals surface area contributed by atoms with Crippen LogP contribution in [0.15, 0.2) is 33.6 Å². The largest absolute Gasteiger partial charge is 0.364 e. The van der Waals surface area contributed by atoms with E-state index < -0.39 is 6.04 Å². The maximum atomic E-state index is 13.3. The third-order valence-corrected chi connectivity index (χ3v) is 6.25. The number of hydrogen-bond donors (Lipinski definition) is 2. The normalized spacial score (nSPS) is 15.2. The van der Waals surface area contributed by atoms with Gasteiger partial charge in [0.2, 0.25) is 5.91 Å². The van der Waals surface area contributed by atoms with E-state index in [1.807, 2.05) is 26.8 Å². The zero-order valence-corrected chi connectivity index (χ0v) is 19.2. The first-order valence-corrected chi connectivity index (χ1v) is 11.4. The Bertz CT molecular complexity index is 1090. The van der Waals surface area contributed by atoms with Crippen LogP contribution in [0.3, 0.4) is 0 Å². The first kappa shape index (κ1) is 22.7. The molecular formula is C24H29N5O4.